The second-order valence-electron chi connectivity index (χ2n) is 4.87. The highest BCUT2D eigenvalue weighted by Crippen LogP contribution is 2.15. The van der Waals surface area contributed by atoms with E-state index in [1.165, 1.54) is 17.3 Å². The number of hydrogen-bond donors (Lipinski definition) is 0. The maximum atomic E-state index is 11.3. The van der Waals surface area contributed by atoms with Crippen molar-refractivity contribution in [1.29, 1.82) is 0 Å². The molecule has 0 saturated heterocycles. The molecule has 21 heavy (non-hydrogen) atoms. The monoisotopic (exact) mass is 278 g/mol. The molecule has 104 valence electrons. The van der Waals surface area contributed by atoms with E-state index in [1.54, 1.807) is 24.3 Å². The number of aryl methyl sites for hydroxylation is 1. The fourth-order valence-electron chi connectivity index (χ4n) is 1.97. The molecule has 0 atom stereocenters. The molecular weight excluding hydrogens is 264 g/mol. The van der Waals surface area contributed by atoms with E-state index in [1.807, 2.05) is 31.2 Å². The van der Waals surface area contributed by atoms with Gasteiger partial charge in [-0.2, -0.15) is 0 Å². The highest BCUT2D eigenvalue weighted by atomic mass is 16.1. The van der Waals surface area contributed by atoms with Gasteiger partial charge in [0.05, 0.1) is 5.69 Å². The summed E-state index contributed by atoms with van der Waals surface area (Å²) in [7, 11) is 0. The number of ketones is 1. The number of hydrogen-bond acceptors (Lipinski definition) is 4. The van der Waals surface area contributed by atoms with Gasteiger partial charge in [0.1, 0.15) is 0 Å². The summed E-state index contributed by atoms with van der Waals surface area (Å²) in [6, 6.07) is 15.1. The Labute approximate surface area is 122 Å². The minimum absolute atomic E-state index is 0.0356. The van der Waals surface area contributed by atoms with Crippen molar-refractivity contribution < 1.29 is 4.79 Å². The zero-order valence-corrected chi connectivity index (χ0v) is 11.8. The topological polar surface area (TPSA) is 60.7 Å². The first kappa shape index (κ1) is 13.2. The van der Waals surface area contributed by atoms with Crippen molar-refractivity contribution in [2.75, 3.05) is 0 Å². The largest absolute Gasteiger partial charge is 0.295 e. The fourth-order valence-corrected chi connectivity index (χ4v) is 1.97. The highest BCUT2D eigenvalue weighted by Gasteiger charge is 2.07. The van der Waals surface area contributed by atoms with Gasteiger partial charge < -0.3 is 0 Å². The third-order valence-corrected chi connectivity index (χ3v) is 3.23. The van der Waals surface area contributed by atoms with Gasteiger partial charge in [-0.05, 0) is 43.3 Å². The molecule has 3 rings (SSSR count). The first-order chi connectivity index (χ1) is 10.1. The average Bonchev–Trinajstić information content (AvgIpc) is 2.98. The number of rotatable bonds is 3. The van der Waals surface area contributed by atoms with Gasteiger partial charge in [0, 0.05) is 11.1 Å². The first-order valence-corrected chi connectivity index (χ1v) is 6.62. The predicted molar refractivity (Wildman–Crippen MR) is 79.3 cm³/mol. The number of tetrazole rings is 1. The SMILES string of the molecule is CC(=O)c1ccc(-n2nnc(-c3ccc(C)cc3)n2)cc1. The summed E-state index contributed by atoms with van der Waals surface area (Å²) in [6.45, 7) is 3.57. The molecule has 0 aliphatic rings. The molecule has 2 aromatic carbocycles. The lowest BCUT2D eigenvalue weighted by molar-refractivity contribution is 0.101. The molecule has 1 heterocycles. The summed E-state index contributed by atoms with van der Waals surface area (Å²) in [6.07, 6.45) is 0. The predicted octanol–water partition coefficient (Wildman–Crippen LogP) is 2.84. The van der Waals surface area contributed by atoms with E-state index in [0.29, 0.717) is 11.4 Å². The molecule has 0 bridgehead atoms. The molecule has 0 radical (unpaired) electrons. The van der Waals surface area contributed by atoms with Crippen molar-refractivity contribution in [2.24, 2.45) is 0 Å². The van der Waals surface area contributed by atoms with E-state index in [2.05, 4.69) is 15.4 Å². The number of carbonyl (C=O) groups is 1. The molecule has 0 aliphatic carbocycles. The lowest BCUT2D eigenvalue weighted by Gasteiger charge is -1.99. The van der Waals surface area contributed by atoms with Crippen LogP contribution in [0, 0.1) is 6.92 Å². The van der Waals surface area contributed by atoms with Crippen molar-refractivity contribution in [1.82, 2.24) is 20.2 Å². The summed E-state index contributed by atoms with van der Waals surface area (Å²) >= 11 is 0. The van der Waals surface area contributed by atoms with Crippen molar-refractivity contribution >= 4 is 5.78 Å². The lowest BCUT2D eigenvalue weighted by atomic mass is 10.1. The zero-order valence-electron chi connectivity index (χ0n) is 11.8. The fraction of sp³-hybridized carbons (Fsp3) is 0.125. The van der Waals surface area contributed by atoms with Crippen LogP contribution in [0.5, 0.6) is 0 Å². The van der Waals surface area contributed by atoms with Gasteiger partial charge in [0.25, 0.3) is 0 Å². The maximum Gasteiger partial charge on any atom is 0.205 e. The van der Waals surface area contributed by atoms with Crippen LogP contribution in [0.2, 0.25) is 0 Å². The van der Waals surface area contributed by atoms with E-state index in [0.717, 1.165) is 11.3 Å². The minimum atomic E-state index is 0.0356. The quantitative estimate of drug-likeness (QED) is 0.691. The molecule has 0 fully saturated rings. The Bertz CT molecular complexity index is 773. The summed E-state index contributed by atoms with van der Waals surface area (Å²) < 4.78 is 0. The van der Waals surface area contributed by atoms with Crippen LogP contribution in [-0.2, 0) is 0 Å². The van der Waals surface area contributed by atoms with Crippen molar-refractivity contribution in [3.63, 3.8) is 0 Å². The van der Waals surface area contributed by atoms with Gasteiger partial charge in [-0.15, -0.1) is 15.0 Å². The highest BCUT2D eigenvalue weighted by molar-refractivity contribution is 5.94. The molecule has 5 nitrogen and oxygen atoms in total. The van der Waals surface area contributed by atoms with Gasteiger partial charge in [-0.3, -0.25) is 4.79 Å². The molecular formula is C16H14N4O. The Hall–Kier alpha value is -2.82. The first-order valence-electron chi connectivity index (χ1n) is 6.62. The normalized spacial score (nSPS) is 10.6. The molecule has 0 spiro atoms. The molecule has 3 aromatic rings. The van der Waals surface area contributed by atoms with Crippen LogP contribution in [-0.4, -0.2) is 26.0 Å². The van der Waals surface area contributed by atoms with Gasteiger partial charge in [0.15, 0.2) is 5.78 Å². The Morgan fingerprint density at radius 1 is 1.00 bits per heavy atom. The van der Waals surface area contributed by atoms with Gasteiger partial charge in [0.2, 0.25) is 5.82 Å². The van der Waals surface area contributed by atoms with E-state index < -0.39 is 0 Å². The second-order valence-corrected chi connectivity index (χ2v) is 4.87. The molecule has 5 heteroatoms. The van der Waals surface area contributed by atoms with Crippen molar-refractivity contribution in [3.05, 3.63) is 59.7 Å². The summed E-state index contributed by atoms with van der Waals surface area (Å²) in [5.41, 5.74) is 3.54. The summed E-state index contributed by atoms with van der Waals surface area (Å²) in [4.78, 5) is 12.7. The van der Waals surface area contributed by atoms with Gasteiger partial charge in [-0.1, -0.05) is 29.8 Å². The Balaban J connectivity index is 1.90. The number of nitrogens with zero attached hydrogens (tertiary/aromatic N) is 4. The third-order valence-electron chi connectivity index (χ3n) is 3.23. The molecule has 0 N–H and O–H groups in total. The molecule has 1 aromatic heterocycles. The number of aromatic nitrogens is 4. The third kappa shape index (κ3) is 2.72. The molecule has 0 saturated carbocycles. The van der Waals surface area contributed by atoms with Crippen LogP contribution in [0.1, 0.15) is 22.8 Å². The smallest absolute Gasteiger partial charge is 0.205 e. The molecule has 0 aliphatic heterocycles. The summed E-state index contributed by atoms with van der Waals surface area (Å²) in [5.74, 6) is 0.610. The Morgan fingerprint density at radius 3 is 2.29 bits per heavy atom. The summed E-state index contributed by atoms with van der Waals surface area (Å²) in [5, 5.41) is 12.5. The maximum absolute atomic E-state index is 11.3. The average molecular weight is 278 g/mol. The van der Waals surface area contributed by atoms with Crippen LogP contribution in [0.3, 0.4) is 0 Å². The minimum Gasteiger partial charge on any atom is -0.295 e. The van der Waals surface area contributed by atoms with Crippen LogP contribution in [0.15, 0.2) is 48.5 Å². The Kier molecular flexibility index (Phi) is 3.31. The van der Waals surface area contributed by atoms with Crippen LogP contribution in [0.25, 0.3) is 17.1 Å². The second kappa shape index (κ2) is 5.28. The van der Waals surface area contributed by atoms with Crippen LogP contribution in [0.4, 0.5) is 0 Å². The number of Topliss-reactive ketones (excluding diaryl/α,β-unsaturated/α-hetero) is 1. The number of benzene rings is 2. The van der Waals surface area contributed by atoms with E-state index in [9.17, 15) is 4.79 Å². The standard InChI is InChI=1S/C16H14N4O/c1-11-3-5-14(6-4-11)16-17-19-20(18-16)15-9-7-13(8-10-15)12(2)21/h3-10H,1-2H3. The van der Waals surface area contributed by atoms with E-state index >= 15 is 0 Å². The lowest BCUT2D eigenvalue weighted by Crippen LogP contribution is -2.00. The van der Waals surface area contributed by atoms with Crippen molar-refractivity contribution in [2.45, 2.75) is 13.8 Å². The zero-order chi connectivity index (χ0) is 14.8. The van der Waals surface area contributed by atoms with Gasteiger partial charge in [-0.25, -0.2) is 0 Å². The van der Waals surface area contributed by atoms with Gasteiger partial charge >= 0.3 is 0 Å². The van der Waals surface area contributed by atoms with E-state index in [4.69, 9.17) is 0 Å². The van der Waals surface area contributed by atoms with Crippen LogP contribution >= 0.6 is 0 Å². The van der Waals surface area contributed by atoms with E-state index in [-0.39, 0.29) is 5.78 Å². The number of carbonyl (C=O) groups excluding carboxylic acids is 1. The molecule has 0 unspecified atom stereocenters. The Morgan fingerprint density at radius 2 is 1.67 bits per heavy atom. The van der Waals surface area contributed by atoms with Crippen LogP contribution < -0.4 is 0 Å². The van der Waals surface area contributed by atoms with Crippen molar-refractivity contribution in [3.8, 4) is 17.1 Å². The molecule has 0 amide bonds.